The van der Waals surface area contributed by atoms with Crippen LogP contribution in [0.3, 0.4) is 0 Å². The predicted molar refractivity (Wildman–Crippen MR) is 112 cm³/mol. The Morgan fingerprint density at radius 1 is 1.07 bits per heavy atom. The molecular weight excluding hydrogens is 366 g/mol. The van der Waals surface area contributed by atoms with Gasteiger partial charge in [0.05, 0.1) is 22.6 Å². The van der Waals surface area contributed by atoms with Crippen molar-refractivity contribution >= 4 is 33.4 Å². The van der Waals surface area contributed by atoms with E-state index in [9.17, 15) is 9.59 Å². The standard InChI is InChI=1S/C22H21N5O2/c28-21(24-16-7-9-18-15(11-16)13-23-26-18)14-6-8-17-19(12-14)25-20-5-3-1-2-4-10-27(20)22(17)29/h6-9,11-13H,1-5,10H2,(H,23,26)(H,24,28). The first-order valence-corrected chi connectivity index (χ1v) is 9.97. The summed E-state index contributed by atoms with van der Waals surface area (Å²) in [5.74, 6) is 0.591. The lowest BCUT2D eigenvalue weighted by molar-refractivity contribution is 0.102. The molecule has 29 heavy (non-hydrogen) atoms. The van der Waals surface area contributed by atoms with Crippen LogP contribution in [-0.4, -0.2) is 25.7 Å². The lowest BCUT2D eigenvalue weighted by atomic mass is 10.1. The van der Waals surface area contributed by atoms with Crippen molar-refractivity contribution in [2.24, 2.45) is 0 Å². The smallest absolute Gasteiger partial charge is 0.261 e. The lowest BCUT2D eigenvalue weighted by Crippen LogP contribution is -2.26. The first-order valence-electron chi connectivity index (χ1n) is 9.97. The second kappa shape index (κ2) is 7.16. The number of hydrogen-bond donors (Lipinski definition) is 2. The summed E-state index contributed by atoms with van der Waals surface area (Å²) in [7, 11) is 0. The maximum atomic E-state index is 12.9. The van der Waals surface area contributed by atoms with Gasteiger partial charge >= 0.3 is 0 Å². The van der Waals surface area contributed by atoms with Crippen molar-refractivity contribution in [3.63, 3.8) is 0 Å². The molecule has 3 heterocycles. The Morgan fingerprint density at radius 3 is 2.90 bits per heavy atom. The Labute approximate surface area is 166 Å². The fourth-order valence-electron chi connectivity index (χ4n) is 3.96. The second-order valence-electron chi connectivity index (χ2n) is 7.51. The first kappa shape index (κ1) is 17.6. The number of amides is 1. The molecule has 5 rings (SSSR count). The van der Waals surface area contributed by atoms with Crippen molar-refractivity contribution in [3.05, 3.63) is 64.3 Å². The van der Waals surface area contributed by atoms with Crippen LogP contribution < -0.4 is 10.9 Å². The monoisotopic (exact) mass is 387 g/mol. The van der Waals surface area contributed by atoms with Crippen LogP contribution in [0.4, 0.5) is 5.69 Å². The first-order chi connectivity index (χ1) is 14.2. The van der Waals surface area contributed by atoms with E-state index >= 15 is 0 Å². The summed E-state index contributed by atoms with van der Waals surface area (Å²) in [6, 6.07) is 10.7. The molecule has 0 radical (unpaired) electrons. The molecule has 0 aliphatic carbocycles. The van der Waals surface area contributed by atoms with E-state index in [1.165, 1.54) is 0 Å². The van der Waals surface area contributed by atoms with Gasteiger partial charge in [-0.15, -0.1) is 0 Å². The number of fused-ring (bicyclic) bond motifs is 3. The molecule has 0 saturated heterocycles. The van der Waals surface area contributed by atoms with E-state index in [-0.39, 0.29) is 11.5 Å². The zero-order valence-electron chi connectivity index (χ0n) is 15.9. The van der Waals surface area contributed by atoms with Crippen molar-refractivity contribution in [2.45, 2.75) is 38.6 Å². The highest BCUT2D eigenvalue weighted by Gasteiger charge is 2.15. The highest BCUT2D eigenvalue weighted by molar-refractivity contribution is 6.06. The zero-order chi connectivity index (χ0) is 19.8. The molecule has 2 aromatic heterocycles. The van der Waals surface area contributed by atoms with Crippen LogP contribution >= 0.6 is 0 Å². The number of H-pyrrole nitrogens is 1. The molecule has 0 atom stereocenters. The third-order valence-electron chi connectivity index (χ3n) is 5.53. The van der Waals surface area contributed by atoms with Crippen molar-refractivity contribution in [1.29, 1.82) is 0 Å². The van der Waals surface area contributed by atoms with Crippen molar-refractivity contribution in [1.82, 2.24) is 19.7 Å². The Kier molecular flexibility index (Phi) is 4.35. The van der Waals surface area contributed by atoms with Crippen molar-refractivity contribution in [3.8, 4) is 0 Å². The van der Waals surface area contributed by atoms with Gasteiger partial charge in [0, 0.05) is 29.6 Å². The van der Waals surface area contributed by atoms with Gasteiger partial charge in [-0.25, -0.2) is 4.98 Å². The van der Waals surface area contributed by atoms with E-state index < -0.39 is 0 Å². The zero-order valence-corrected chi connectivity index (χ0v) is 15.9. The molecule has 0 bridgehead atoms. The van der Waals surface area contributed by atoms with Crippen LogP contribution in [0.5, 0.6) is 0 Å². The Hall–Kier alpha value is -3.48. The molecule has 0 fully saturated rings. The van der Waals surface area contributed by atoms with E-state index in [4.69, 9.17) is 4.98 Å². The van der Waals surface area contributed by atoms with Crippen LogP contribution in [0.15, 0.2) is 47.4 Å². The summed E-state index contributed by atoms with van der Waals surface area (Å²) >= 11 is 0. The predicted octanol–water partition coefficient (Wildman–Crippen LogP) is 3.64. The molecule has 1 aliphatic rings. The van der Waals surface area contributed by atoms with Crippen molar-refractivity contribution < 1.29 is 4.79 Å². The van der Waals surface area contributed by atoms with Crippen LogP contribution in [0.1, 0.15) is 41.9 Å². The number of aromatic nitrogens is 4. The molecule has 0 spiro atoms. The number of carbonyl (C=O) groups is 1. The maximum absolute atomic E-state index is 12.9. The Morgan fingerprint density at radius 2 is 1.97 bits per heavy atom. The lowest BCUT2D eigenvalue weighted by Gasteiger charge is -2.16. The number of nitrogens with one attached hydrogen (secondary N) is 2. The average molecular weight is 387 g/mol. The Bertz CT molecular complexity index is 1290. The number of aromatic amines is 1. The number of nitrogens with zero attached hydrogens (tertiary/aromatic N) is 3. The summed E-state index contributed by atoms with van der Waals surface area (Å²) < 4.78 is 1.81. The SMILES string of the molecule is O=C(Nc1ccc2[nH]ncc2c1)c1ccc2c(=O)n3c(nc2c1)CCCCCC3. The molecule has 146 valence electrons. The molecule has 1 amide bonds. The van der Waals surface area contributed by atoms with Crippen LogP contribution in [0.25, 0.3) is 21.8 Å². The van der Waals surface area contributed by atoms with E-state index in [1.54, 1.807) is 29.0 Å². The topological polar surface area (TPSA) is 92.7 Å². The minimum Gasteiger partial charge on any atom is -0.322 e. The molecule has 4 aromatic rings. The number of carbonyl (C=O) groups excluding carboxylic acids is 1. The fraction of sp³-hybridized carbons (Fsp3) is 0.273. The minimum atomic E-state index is -0.233. The third-order valence-corrected chi connectivity index (χ3v) is 5.53. The molecule has 7 nitrogen and oxygen atoms in total. The molecule has 7 heteroatoms. The van der Waals surface area contributed by atoms with Crippen LogP contribution in [0, 0.1) is 0 Å². The summed E-state index contributed by atoms with van der Waals surface area (Å²) in [6.07, 6.45) is 6.86. The van der Waals surface area contributed by atoms with E-state index in [1.807, 2.05) is 18.2 Å². The van der Waals surface area contributed by atoms with Crippen LogP contribution in [-0.2, 0) is 13.0 Å². The molecule has 1 aliphatic heterocycles. The normalized spacial score (nSPS) is 14.3. The molecule has 0 unspecified atom stereocenters. The molecule has 0 saturated carbocycles. The third kappa shape index (κ3) is 3.29. The fourth-order valence-corrected chi connectivity index (χ4v) is 3.96. The number of benzene rings is 2. The van der Waals surface area contributed by atoms with Gasteiger partial charge in [0.25, 0.3) is 11.5 Å². The molecule has 2 aromatic carbocycles. The number of aryl methyl sites for hydroxylation is 1. The van der Waals surface area contributed by atoms with Gasteiger partial charge in [-0.2, -0.15) is 5.10 Å². The maximum Gasteiger partial charge on any atom is 0.261 e. The largest absolute Gasteiger partial charge is 0.322 e. The Balaban J connectivity index is 1.49. The number of anilines is 1. The highest BCUT2D eigenvalue weighted by Crippen LogP contribution is 2.19. The second-order valence-corrected chi connectivity index (χ2v) is 7.51. The van der Waals surface area contributed by atoms with E-state index in [2.05, 4.69) is 15.5 Å². The average Bonchev–Trinajstić information content (AvgIpc) is 3.17. The number of rotatable bonds is 2. The van der Waals surface area contributed by atoms with Gasteiger partial charge in [0.15, 0.2) is 0 Å². The van der Waals surface area contributed by atoms with Gasteiger partial charge < -0.3 is 5.32 Å². The van der Waals surface area contributed by atoms with Gasteiger partial charge in [0.1, 0.15) is 5.82 Å². The number of hydrogen-bond acceptors (Lipinski definition) is 4. The highest BCUT2D eigenvalue weighted by atomic mass is 16.1. The summed E-state index contributed by atoms with van der Waals surface area (Å²) in [5.41, 5.74) is 2.65. The van der Waals surface area contributed by atoms with Crippen LogP contribution in [0.2, 0.25) is 0 Å². The molecule has 2 N–H and O–H groups in total. The summed E-state index contributed by atoms with van der Waals surface area (Å²) in [6.45, 7) is 0.718. The van der Waals surface area contributed by atoms with Gasteiger partial charge in [0.2, 0.25) is 0 Å². The van der Waals surface area contributed by atoms with E-state index in [0.29, 0.717) is 22.2 Å². The van der Waals surface area contributed by atoms with E-state index in [0.717, 1.165) is 55.4 Å². The summed E-state index contributed by atoms with van der Waals surface area (Å²) in [4.78, 5) is 30.4. The van der Waals surface area contributed by atoms with Gasteiger partial charge in [-0.05, 0) is 49.2 Å². The van der Waals surface area contributed by atoms with Gasteiger partial charge in [-0.3, -0.25) is 19.3 Å². The quantitative estimate of drug-likeness (QED) is 0.549. The van der Waals surface area contributed by atoms with Crippen molar-refractivity contribution in [2.75, 3.05) is 5.32 Å². The molecular formula is C22H21N5O2. The van der Waals surface area contributed by atoms with Gasteiger partial charge in [-0.1, -0.05) is 12.8 Å². The summed E-state index contributed by atoms with van der Waals surface area (Å²) in [5, 5.41) is 11.3. The minimum absolute atomic E-state index is 0.00994.